The summed E-state index contributed by atoms with van der Waals surface area (Å²) in [6.45, 7) is 0.717. The van der Waals surface area contributed by atoms with Crippen LogP contribution in [0.3, 0.4) is 0 Å². The molecule has 4 nitrogen and oxygen atoms in total. The Balaban J connectivity index is 1.65. The van der Waals surface area contributed by atoms with Gasteiger partial charge in [-0.3, -0.25) is 4.68 Å². The van der Waals surface area contributed by atoms with Crippen molar-refractivity contribution in [3.63, 3.8) is 0 Å². The maximum Gasteiger partial charge on any atom is 0.140 e. The molecule has 4 rings (SSSR count). The van der Waals surface area contributed by atoms with Gasteiger partial charge >= 0.3 is 0 Å². The predicted octanol–water partition coefficient (Wildman–Crippen LogP) is 3.77. The lowest BCUT2D eigenvalue weighted by molar-refractivity contribution is 0.393. The van der Waals surface area contributed by atoms with Gasteiger partial charge in [-0.15, -0.1) is 0 Å². The second-order valence-electron chi connectivity index (χ2n) is 6.77. The Morgan fingerprint density at radius 3 is 2.72 bits per heavy atom. The molecule has 0 aliphatic heterocycles. The average Bonchev–Trinajstić information content (AvgIpc) is 3.08. The molecular formula is C21H24N4. The standard InChI is InChI=1S/C21H24N4/c1-25-20(23-15-24-25)14-22-21(17-9-3-2-4-10-17)19-13-7-11-16-8-5-6-12-18(16)19/h2-6,8-10,12,15,19,21-22H,7,11,13-14H2,1H3/t19-,21+/m0/s1. The number of aromatic nitrogens is 3. The van der Waals surface area contributed by atoms with Gasteiger partial charge in [-0.1, -0.05) is 54.6 Å². The predicted molar refractivity (Wildman–Crippen MR) is 99.1 cm³/mol. The van der Waals surface area contributed by atoms with E-state index in [-0.39, 0.29) is 6.04 Å². The summed E-state index contributed by atoms with van der Waals surface area (Å²) in [5.74, 6) is 1.45. The maximum atomic E-state index is 4.36. The van der Waals surface area contributed by atoms with E-state index in [2.05, 4.69) is 70.0 Å². The van der Waals surface area contributed by atoms with Crippen LogP contribution in [0.1, 0.15) is 47.3 Å². The SMILES string of the molecule is Cn1ncnc1CN[C@H](c1ccccc1)[C@H]1CCCc2ccccc21. The molecule has 2 atom stereocenters. The Labute approximate surface area is 148 Å². The van der Waals surface area contributed by atoms with Crippen LogP contribution in [0.15, 0.2) is 60.9 Å². The van der Waals surface area contributed by atoms with Gasteiger partial charge in [0, 0.05) is 19.0 Å². The molecular weight excluding hydrogens is 308 g/mol. The lowest BCUT2D eigenvalue weighted by atomic mass is 9.76. The van der Waals surface area contributed by atoms with Crippen LogP contribution in [-0.2, 0) is 20.0 Å². The lowest BCUT2D eigenvalue weighted by Crippen LogP contribution is -2.30. The number of hydrogen-bond donors (Lipinski definition) is 1. The zero-order valence-electron chi connectivity index (χ0n) is 14.6. The normalized spacial score (nSPS) is 17.9. The number of nitrogens with one attached hydrogen (secondary N) is 1. The number of aryl methyl sites for hydroxylation is 2. The van der Waals surface area contributed by atoms with Crippen molar-refractivity contribution in [1.82, 2.24) is 20.1 Å². The molecule has 0 saturated heterocycles. The maximum absolute atomic E-state index is 4.36. The van der Waals surface area contributed by atoms with E-state index < -0.39 is 0 Å². The van der Waals surface area contributed by atoms with Crippen molar-refractivity contribution in [2.75, 3.05) is 0 Å². The molecule has 1 N–H and O–H groups in total. The Morgan fingerprint density at radius 1 is 1.12 bits per heavy atom. The number of nitrogens with zero attached hydrogens (tertiary/aromatic N) is 3. The van der Waals surface area contributed by atoms with Gasteiger partial charge in [0.25, 0.3) is 0 Å². The Bertz CT molecular complexity index is 825. The van der Waals surface area contributed by atoms with E-state index in [0.717, 1.165) is 5.82 Å². The third kappa shape index (κ3) is 3.35. The second-order valence-corrected chi connectivity index (χ2v) is 6.77. The van der Waals surface area contributed by atoms with Crippen LogP contribution in [-0.4, -0.2) is 14.8 Å². The molecule has 1 aliphatic rings. The second kappa shape index (κ2) is 7.19. The molecule has 0 spiro atoms. The molecule has 4 heteroatoms. The van der Waals surface area contributed by atoms with Crippen LogP contribution in [0.4, 0.5) is 0 Å². The molecule has 25 heavy (non-hydrogen) atoms. The minimum absolute atomic E-state index is 0.277. The van der Waals surface area contributed by atoms with Gasteiger partial charge in [-0.2, -0.15) is 5.10 Å². The van der Waals surface area contributed by atoms with Gasteiger partial charge in [0.1, 0.15) is 12.2 Å². The zero-order chi connectivity index (χ0) is 17.1. The minimum Gasteiger partial charge on any atom is -0.302 e. The summed E-state index contributed by atoms with van der Waals surface area (Å²) in [5.41, 5.74) is 4.33. The third-order valence-electron chi connectivity index (χ3n) is 5.26. The van der Waals surface area contributed by atoms with E-state index in [0.29, 0.717) is 12.5 Å². The molecule has 1 aliphatic carbocycles. The Morgan fingerprint density at radius 2 is 1.92 bits per heavy atom. The lowest BCUT2D eigenvalue weighted by Gasteiger charge is -2.33. The summed E-state index contributed by atoms with van der Waals surface area (Å²) in [5, 5.41) is 7.95. The Hall–Kier alpha value is -2.46. The van der Waals surface area contributed by atoms with Crippen molar-refractivity contribution < 1.29 is 0 Å². The smallest absolute Gasteiger partial charge is 0.140 e. The molecule has 2 aromatic carbocycles. The summed E-state index contributed by atoms with van der Waals surface area (Å²) in [7, 11) is 1.94. The van der Waals surface area contributed by atoms with Gasteiger partial charge in [0.2, 0.25) is 0 Å². The topological polar surface area (TPSA) is 42.7 Å². The average molecular weight is 332 g/mol. The van der Waals surface area contributed by atoms with Crippen LogP contribution in [0.5, 0.6) is 0 Å². The minimum atomic E-state index is 0.277. The fraction of sp³-hybridized carbons (Fsp3) is 0.333. The van der Waals surface area contributed by atoms with Crippen LogP contribution in [0, 0.1) is 0 Å². The highest BCUT2D eigenvalue weighted by Crippen LogP contribution is 2.40. The third-order valence-corrected chi connectivity index (χ3v) is 5.26. The summed E-state index contributed by atoms with van der Waals surface area (Å²) in [6.07, 6.45) is 5.26. The Kier molecular flexibility index (Phi) is 4.61. The van der Waals surface area contributed by atoms with Crippen molar-refractivity contribution in [3.05, 3.63) is 83.4 Å². The largest absolute Gasteiger partial charge is 0.302 e. The van der Waals surface area contributed by atoms with Gasteiger partial charge in [0.15, 0.2) is 0 Å². The number of hydrogen-bond acceptors (Lipinski definition) is 3. The van der Waals surface area contributed by atoms with Crippen LogP contribution in [0.25, 0.3) is 0 Å². The highest BCUT2D eigenvalue weighted by molar-refractivity contribution is 5.36. The quantitative estimate of drug-likeness (QED) is 0.773. The monoisotopic (exact) mass is 332 g/mol. The molecule has 3 aromatic rings. The van der Waals surface area contributed by atoms with E-state index >= 15 is 0 Å². The van der Waals surface area contributed by atoms with Gasteiger partial charge in [-0.05, 0) is 36.0 Å². The van der Waals surface area contributed by atoms with Gasteiger partial charge < -0.3 is 5.32 Å². The molecule has 0 saturated carbocycles. The molecule has 0 radical (unpaired) electrons. The van der Waals surface area contributed by atoms with Crippen molar-refractivity contribution in [2.45, 2.75) is 37.8 Å². The van der Waals surface area contributed by atoms with Crippen LogP contribution >= 0.6 is 0 Å². The van der Waals surface area contributed by atoms with Crippen molar-refractivity contribution in [3.8, 4) is 0 Å². The van der Waals surface area contributed by atoms with Gasteiger partial charge in [-0.25, -0.2) is 4.98 Å². The van der Waals surface area contributed by atoms with E-state index in [1.165, 1.54) is 36.0 Å². The molecule has 0 fully saturated rings. The summed E-state index contributed by atoms with van der Waals surface area (Å²) in [4.78, 5) is 4.36. The van der Waals surface area contributed by atoms with Crippen molar-refractivity contribution >= 4 is 0 Å². The first-order chi connectivity index (χ1) is 12.3. The molecule has 0 unspecified atom stereocenters. The number of benzene rings is 2. The molecule has 128 valence electrons. The fourth-order valence-electron chi connectivity index (χ4n) is 3.97. The van der Waals surface area contributed by atoms with E-state index in [1.54, 1.807) is 6.33 Å². The van der Waals surface area contributed by atoms with E-state index in [1.807, 2.05) is 11.7 Å². The number of rotatable bonds is 5. The van der Waals surface area contributed by atoms with Crippen LogP contribution < -0.4 is 5.32 Å². The number of fused-ring (bicyclic) bond motifs is 1. The van der Waals surface area contributed by atoms with Crippen LogP contribution in [0.2, 0.25) is 0 Å². The molecule has 1 aromatic heterocycles. The zero-order valence-corrected chi connectivity index (χ0v) is 14.6. The first-order valence-electron chi connectivity index (χ1n) is 9.02. The molecule has 1 heterocycles. The highest BCUT2D eigenvalue weighted by atomic mass is 15.3. The highest BCUT2D eigenvalue weighted by Gasteiger charge is 2.28. The van der Waals surface area contributed by atoms with E-state index in [9.17, 15) is 0 Å². The van der Waals surface area contributed by atoms with Crippen molar-refractivity contribution in [1.29, 1.82) is 0 Å². The first-order valence-corrected chi connectivity index (χ1v) is 9.02. The summed E-state index contributed by atoms with van der Waals surface area (Å²) >= 11 is 0. The summed E-state index contributed by atoms with van der Waals surface area (Å²) in [6, 6.07) is 20.0. The fourth-order valence-corrected chi connectivity index (χ4v) is 3.97. The van der Waals surface area contributed by atoms with Gasteiger partial charge in [0.05, 0.1) is 6.54 Å². The van der Waals surface area contributed by atoms with E-state index in [4.69, 9.17) is 0 Å². The first kappa shape index (κ1) is 16.0. The van der Waals surface area contributed by atoms with Crippen molar-refractivity contribution in [2.24, 2.45) is 7.05 Å². The molecule has 0 amide bonds. The molecule has 0 bridgehead atoms. The summed E-state index contributed by atoms with van der Waals surface area (Å²) < 4.78 is 1.84.